The Morgan fingerprint density at radius 3 is 2.56 bits per heavy atom. The molecule has 3 heteroatoms. The van der Waals surface area contributed by atoms with Gasteiger partial charge in [-0.3, -0.25) is 0 Å². The van der Waals surface area contributed by atoms with E-state index in [1.165, 1.54) is 0 Å². The standard InChI is InChI=1S/C15H23N3/c1-5-18(6-2)11-13(4)17-15-12(3)8-7-9-14(15)10-16/h7-9,13,17H,5-6,11H2,1-4H3. The summed E-state index contributed by atoms with van der Waals surface area (Å²) in [6.07, 6.45) is 0. The van der Waals surface area contributed by atoms with Gasteiger partial charge in [-0.05, 0) is 38.6 Å². The highest BCUT2D eigenvalue weighted by molar-refractivity contribution is 5.62. The number of aryl methyl sites for hydroxylation is 1. The van der Waals surface area contributed by atoms with Gasteiger partial charge < -0.3 is 10.2 Å². The van der Waals surface area contributed by atoms with Crippen LogP contribution in [-0.2, 0) is 0 Å². The predicted molar refractivity (Wildman–Crippen MR) is 76.8 cm³/mol. The maximum atomic E-state index is 9.13. The molecule has 0 saturated carbocycles. The van der Waals surface area contributed by atoms with Crippen molar-refractivity contribution >= 4 is 5.69 Å². The summed E-state index contributed by atoms with van der Waals surface area (Å²) < 4.78 is 0. The molecular weight excluding hydrogens is 222 g/mol. The third-order valence-corrected chi connectivity index (χ3v) is 3.21. The fourth-order valence-corrected chi connectivity index (χ4v) is 2.11. The van der Waals surface area contributed by atoms with E-state index < -0.39 is 0 Å². The summed E-state index contributed by atoms with van der Waals surface area (Å²) in [7, 11) is 0. The van der Waals surface area contributed by atoms with E-state index in [1.54, 1.807) is 0 Å². The molecule has 0 bridgehead atoms. The topological polar surface area (TPSA) is 39.1 Å². The third kappa shape index (κ3) is 3.75. The van der Waals surface area contributed by atoms with Gasteiger partial charge in [0, 0.05) is 12.6 Å². The van der Waals surface area contributed by atoms with E-state index >= 15 is 0 Å². The van der Waals surface area contributed by atoms with Gasteiger partial charge in [-0.1, -0.05) is 26.0 Å². The van der Waals surface area contributed by atoms with Crippen molar-refractivity contribution in [2.45, 2.75) is 33.7 Å². The van der Waals surface area contributed by atoms with Gasteiger partial charge in [-0.25, -0.2) is 0 Å². The van der Waals surface area contributed by atoms with Gasteiger partial charge in [-0.2, -0.15) is 5.26 Å². The van der Waals surface area contributed by atoms with Crippen LogP contribution in [0.25, 0.3) is 0 Å². The van der Waals surface area contributed by atoms with E-state index in [0.29, 0.717) is 6.04 Å². The Bertz CT molecular complexity index is 416. The Hall–Kier alpha value is -1.53. The first kappa shape index (κ1) is 14.5. The molecule has 0 aliphatic rings. The van der Waals surface area contributed by atoms with Crippen molar-refractivity contribution in [2.75, 3.05) is 25.0 Å². The minimum absolute atomic E-state index is 0.332. The van der Waals surface area contributed by atoms with E-state index in [9.17, 15) is 0 Å². The molecule has 3 nitrogen and oxygen atoms in total. The molecule has 1 N–H and O–H groups in total. The number of nitrogens with zero attached hydrogens (tertiary/aromatic N) is 2. The minimum atomic E-state index is 0.332. The maximum absolute atomic E-state index is 9.13. The van der Waals surface area contributed by atoms with Gasteiger partial charge >= 0.3 is 0 Å². The Morgan fingerprint density at radius 2 is 2.00 bits per heavy atom. The lowest BCUT2D eigenvalue weighted by Crippen LogP contribution is -2.35. The van der Waals surface area contributed by atoms with Gasteiger partial charge in [0.15, 0.2) is 0 Å². The molecule has 0 spiro atoms. The molecule has 0 aliphatic heterocycles. The molecule has 0 amide bonds. The van der Waals surface area contributed by atoms with Gasteiger partial charge in [0.25, 0.3) is 0 Å². The maximum Gasteiger partial charge on any atom is 0.101 e. The van der Waals surface area contributed by atoms with E-state index in [-0.39, 0.29) is 0 Å². The normalized spacial score (nSPS) is 12.2. The van der Waals surface area contributed by atoms with Crippen LogP contribution in [0.2, 0.25) is 0 Å². The fourth-order valence-electron chi connectivity index (χ4n) is 2.11. The summed E-state index contributed by atoms with van der Waals surface area (Å²) in [6.45, 7) is 11.6. The molecule has 1 unspecified atom stereocenters. The van der Waals surface area contributed by atoms with Crippen molar-refractivity contribution in [1.82, 2.24) is 4.90 Å². The highest BCUT2D eigenvalue weighted by Crippen LogP contribution is 2.20. The van der Waals surface area contributed by atoms with Crippen LogP contribution in [-0.4, -0.2) is 30.6 Å². The largest absolute Gasteiger partial charge is 0.380 e. The lowest BCUT2D eigenvalue weighted by molar-refractivity contribution is 0.295. The number of nitriles is 1. The molecule has 18 heavy (non-hydrogen) atoms. The van der Waals surface area contributed by atoms with Gasteiger partial charge in [0.1, 0.15) is 6.07 Å². The highest BCUT2D eigenvalue weighted by Gasteiger charge is 2.10. The molecule has 1 aromatic rings. The molecule has 0 saturated heterocycles. The molecular formula is C15H23N3. The van der Waals surface area contributed by atoms with Gasteiger partial charge in [0.2, 0.25) is 0 Å². The number of benzene rings is 1. The van der Waals surface area contributed by atoms with Crippen molar-refractivity contribution in [1.29, 1.82) is 5.26 Å². The van der Waals surface area contributed by atoms with Crippen molar-refractivity contribution in [2.24, 2.45) is 0 Å². The smallest absolute Gasteiger partial charge is 0.101 e. The molecule has 1 aromatic carbocycles. The quantitative estimate of drug-likeness (QED) is 0.837. The number of likely N-dealkylation sites (N-methyl/N-ethyl adjacent to an activating group) is 1. The summed E-state index contributed by atoms with van der Waals surface area (Å²) >= 11 is 0. The molecule has 0 aromatic heterocycles. The Kier molecular flexibility index (Phi) is 5.67. The SMILES string of the molecule is CCN(CC)CC(C)Nc1c(C)cccc1C#N. The van der Waals surface area contributed by atoms with Crippen LogP contribution >= 0.6 is 0 Å². The van der Waals surface area contributed by atoms with Crippen LogP contribution < -0.4 is 5.32 Å². The molecule has 0 heterocycles. The Labute approximate surface area is 110 Å². The minimum Gasteiger partial charge on any atom is -0.380 e. The average Bonchev–Trinajstić information content (AvgIpc) is 2.38. The van der Waals surface area contributed by atoms with E-state index in [4.69, 9.17) is 5.26 Å². The first-order chi connectivity index (χ1) is 8.62. The van der Waals surface area contributed by atoms with E-state index in [1.807, 2.05) is 25.1 Å². The molecule has 98 valence electrons. The number of anilines is 1. The Morgan fingerprint density at radius 1 is 1.33 bits per heavy atom. The number of para-hydroxylation sites is 1. The van der Waals surface area contributed by atoms with Crippen LogP contribution in [0.1, 0.15) is 31.9 Å². The number of nitrogens with one attached hydrogen (secondary N) is 1. The number of rotatable bonds is 6. The summed E-state index contributed by atoms with van der Waals surface area (Å²) in [5.74, 6) is 0. The lowest BCUT2D eigenvalue weighted by atomic mass is 10.1. The lowest BCUT2D eigenvalue weighted by Gasteiger charge is -2.25. The number of hydrogen-bond donors (Lipinski definition) is 1. The fraction of sp³-hybridized carbons (Fsp3) is 0.533. The zero-order chi connectivity index (χ0) is 13.5. The molecule has 1 atom stereocenters. The number of hydrogen-bond acceptors (Lipinski definition) is 3. The van der Waals surface area contributed by atoms with E-state index in [2.05, 4.69) is 37.1 Å². The van der Waals surface area contributed by atoms with Crippen molar-refractivity contribution in [3.8, 4) is 6.07 Å². The monoisotopic (exact) mass is 245 g/mol. The zero-order valence-corrected chi connectivity index (χ0v) is 11.8. The van der Waals surface area contributed by atoms with Gasteiger partial charge in [0.05, 0.1) is 11.3 Å². The summed E-state index contributed by atoms with van der Waals surface area (Å²) in [5.41, 5.74) is 2.82. The first-order valence-electron chi connectivity index (χ1n) is 6.60. The van der Waals surface area contributed by atoms with Crippen LogP contribution in [0.15, 0.2) is 18.2 Å². The van der Waals surface area contributed by atoms with Crippen LogP contribution in [0.3, 0.4) is 0 Å². The second-order valence-corrected chi connectivity index (χ2v) is 4.64. The summed E-state index contributed by atoms with van der Waals surface area (Å²) in [6, 6.07) is 8.40. The second kappa shape index (κ2) is 7.03. The van der Waals surface area contributed by atoms with Crippen molar-refractivity contribution in [3.05, 3.63) is 29.3 Å². The molecule has 0 aliphatic carbocycles. The van der Waals surface area contributed by atoms with Crippen LogP contribution in [0.4, 0.5) is 5.69 Å². The molecule has 0 fully saturated rings. The predicted octanol–water partition coefficient (Wildman–Crippen LogP) is 3.01. The Balaban J connectivity index is 2.76. The third-order valence-electron chi connectivity index (χ3n) is 3.21. The van der Waals surface area contributed by atoms with E-state index in [0.717, 1.165) is 36.4 Å². The van der Waals surface area contributed by atoms with Crippen LogP contribution in [0, 0.1) is 18.3 Å². The summed E-state index contributed by atoms with van der Waals surface area (Å²) in [5, 5.41) is 12.6. The van der Waals surface area contributed by atoms with Crippen LogP contribution in [0.5, 0.6) is 0 Å². The molecule has 0 radical (unpaired) electrons. The average molecular weight is 245 g/mol. The highest BCUT2D eigenvalue weighted by atomic mass is 15.1. The zero-order valence-electron chi connectivity index (χ0n) is 11.8. The van der Waals surface area contributed by atoms with Gasteiger partial charge in [-0.15, -0.1) is 0 Å². The molecule has 1 rings (SSSR count). The van der Waals surface area contributed by atoms with Crippen molar-refractivity contribution in [3.63, 3.8) is 0 Å². The summed E-state index contributed by atoms with van der Waals surface area (Å²) in [4.78, 5) is 2.38. The van der Waals surface area contributed by atoms with Crippen molar-refractivity contribution < 1.29 is 0 Å². The first-order valence-corrected chi connectivity index (χ1v) is 6.60. The second-order valence-electron chi connectivity index (χ2n) is 4.64.